The van der Waals surface area contributed by atoms with Crippen LogP contribution in [0.5, 0.6) is 11.5 Å². The summed E-state index contributed by atoms with van der Waals surface area (Å²) in [6.45, 7) is 5.78. The number of carbonyl (C=O) groups excluding carboxylic acids is 1. The number of halogens is 2. The third-order valence-corrected chi connectivity index (χ3v) is 6.39. The first-order chi connectivity index (χ1) is 14.8. The monoisotopic (exact) mass is 479 g/mol. The molecule has 1 amide bonds. The van der Waals surface area contributed by atoms with Gasteiger partial charge in [0, 0.05) is 62.4 Å². The number of amides is 1. The standard InChI is InChI=1S/C24H29N3O3.2ClH/c28-24(18-6-2-1-3-7-18)27-17-21(26-11-10-20(27)16-26)15-25-14-19-8-4-9-22-23(19)30-13-5-12-29-22;;/h1-4,6-9,20-21,25H,5,10-17H2;2*1H. The number of nitrogens with one attached hydrogen (secondary N) is 1. The van der Waals surface area contributed by atoms with Crippen LogP contribution in [-0.4, -0.2) is 67.2 Å². The molecule has 174 valence electrons. The highest BCUT2D eigenvalue weighted by Gasteiger charge is 2.40. The van der Waals surface area contributed by atoms with Gasteiger partial charge >= 0.3 is 0 Å². The molecule has 8 heteroatoms. The lowest BCUT2D eigenvalue weighted by Gasteiger charge is -2.40. The Morgan fingerprint density at radius 1 is 1.00 bits per heavy atom. The largest absolute Gasteiger partial charge is 0.490 e. The van der Waals surface area contributed by atoms with Gasteiger partial charge < -0.3 is 19.7 Å². The predicted molar refractivity (Wildman–Crippen MR) is 129 cm³/mol. The molecule has 0 radical (unpaired) electrons. The molecule has 2 bridgehead atoms. The van der Waals surface area contributed by atoms with Crippen LogP contribution < -0.4 is 14.8 Å². The van der Waals surface area contributed by atoms with Gasteiger partial charge in [0.2, 0.25) is 0 Å². The van der Waals surface area contributed by atoms with Crippen molar-refractivity contribution < 1.29 is 14.3 Å². The highest BCUT2D eigenvalue weighted by atomic mass is 35.5. The van der Waals surface area contributed by atoms with E-state index in [0.717, 1.165) is 68.2 Å². The molecule has 2 saturated heterocycles. The summed E-state index contributed by atoms with van der Waals surface area (Å²) >= 11 is 0. The maximum absolute atomic E-state index is 13.1. The van der Waals surface area contributed by atoms with E-state index in [1.165, 1.54) is 0 Å². The Hall–Kier alpha value is -1.99. The number of nitrogens with zero attached hydrogens (tertiary/aromatic N) is 2. The van der Waals surface area contributed by atoms with Gasteiger partial charge in [0.25, 0.3) is 5.91 Å². The molecule has 3 heterocycles. The molecule has 32 heavy (non-hydrogen) atoms. The fraction of sp³-hybridized carbons (Fsp3) is 0.458. The zero-order valence-electron chi connectivity index (χ0n) is 18.1. The van der Waals surface area contributed by atoms with E-state index in [0.29, 0.717) is 25.3 Å². The van der Waals surface area contributed by atoms with Gasteiger partial charge in [-0.3, -0.25) is 9.69 Å². The summed E-state index contributed by atoms with van der Waals surface area (Å²) in [7, 11) is 0. The molecule has 3 aliphatic rings. The van der Waals surface area contributed by atoms with Crippen molar-refractivity contribution in [2.75, 3.05) is 39.4 Å². The summed E-state index contributed by atoms with van der Waals surface area (Å²) < 4.78 is 11.7. The summed E-state index contributed by atoms with van der Waals surface area (Å²) in [5.41, 5.74) is 1.91. The van der Waals surface area contributed by atoms with Crippen LogP contribution in [0.1, 0.15) is 28.8 Å². The van der Waals surface area contributed by atoms with Gasteiger partial charge in [0.05, 0.1) is 13.2 Å². The molecule has 3 atom stereocenters. The van der Waals surface area contributed by atoms with Gasteiger partial charge in [0.1, 0.15) is 0 Å². The van der Waals surface area contributed by atoms with E-state index in [2.05, 4.69) is 21.2 Å². The highest BCUT2D eigenvalue weighted by molar-refractivity contribution is 5.94. The van der Waals surface area contributed by atoms with Crippen LogP contribution in [-0.2, 0) is 6.54 Å². The van der Waals surface area contributed by atoms with E-state index < -0.39 is 0 Å². The summed E-state index contributed by atoms with van der Waals surface area (Å²) in [4.78, 5) is 17.7. The molecule has 6 nitrogen and oxygen atoms in total. The molecule has 0 spiro atoms. The minimum absolute atomic E-state index is 0. The van der Waals surface area contributed by atoms with Crippen molar-refractivity contribution in [1.29, 1.82) is 0 Å². The Labute approximate surface area is 202 Å². The Kier molecular flexibility index (Phi) is 8.65. The van der Waals surface area contributed by atoms with Crippen molar-refractivity contribution in [2.45, 2.75) is 31.5 Å². The van der Waals surface area contributed by atoms with E-state index in [4.69, 9.17) is 9.47 Å². The Balaban J connectivity index is 0.00000144. The molecule has 3 unspecified atom stereocenters. The van der Waals surface area contributed by atoms with Gasteiger partial charge in [-0.15, -0.1) is 24.8 Å². The Morgan fingerprint density at radius 2 is 1.81 bits per heavy atom. The average molecular weight is 480 g/mol. The maximum atomic E-state index is 13.1. The van der Waals surface area contributed by atoms with Crippen LogP contribution in [0.3, 0.4) is 0 Å². The number of fused-ring (bicyclic) bond motifs is 3. The molecule has 2 aromatic rings. The number of ether oxygens (including phenoxy) is 2. The fourth-order valence-corrected chi connectivity index (χ4v) is 4.80. The van der Waals surface area contributed by atoms with Crippen molar-refractivity contribution in [2.24, 2.45) is 0 Å². The normalized spacial score (nSPS) is 23.5. The minimum Gasteiger partial charge on any atom is -0.490 e. The summed E-state index contributed by atoms with van der Waals surface area (Å²) in [6.07, 6.45) is 1.97. The molecular weight excluding hydrogens is 449 g/mol. The number of benzene rings is 2. The smallest absolute Gasteiger partial charge is 0.254 e. The van der Waals surface area contributed by atoms with Gasteiger partial charge in [-0.2, -0.15) is 0 Å². The number of hydrogen-bond acceptors (Lipinski definition) is 5. The minimum atomic E-state index is 0. The van der Waals surface area contributed by atoms with Crippen LogP contribution in [0.15, 0.2) is 48.5 Å². The number of piperazine rings is 1. The van der Waals surface area contributed by atoms with Crippen LogP contribution in [0.2, 0.25) is 0 Å². The maximum Gasteiger partial charge on any atom is 0.254 e. The molecule has 5 rings (SSSR count). The number of rotatable bonds is 5. The first kappa shape index (κ1) is 24.6. The van der Waals surface area contributed by atoms with E-state index in [9.17, 15) is 4.79 Å². The van der Waals surface area contributed by atoms with Crippen LogP contribution in [0.4, 0.5) is 0 Å². The number of hydrogen-bond donors (Lipinski definition) is 1. The lowest BCUT2D eigenvalue weighted by atomic mass is 10.1. The van der Waals surface area contributed by atoms with Gasteiger partial charge in [0.15, 0.2) is 11.5 Å². The third-order valence-electron chi connectivity index (χ3n) is 6.39. The summed E-state index contributed by atoms with van der Waals surface area (Å²) in [5.74, 6) is 1.87. The molecular formula is C24H31Cl2N3O3. The van der Waals surface area contributed by atoms with E-state index >= 15 is 0 Å². The molecule has 0 aliphatic carbocycles. The molecule has 0 aromatic heterocycles. The molecule has 3 aliphatic heterocycles. The van der Waals surface area contributed by atoms with Crippen LogP contribution >= 0.6 is 24.8 Å². The second-order valence-electron chi connectivity index (χ2n) is 8.34. The number of para-hydroxylation sites is 1. The lowest BCUT2D eigenvalue weighted by molar-refractivity contribution is 0.0495. The Morgan fingerprint density at radius 3 is 2.66 bits per heavy atom. The number of carbonyl (C=O) groups is 1. The van der Waals surface area contributed by atoms with E-state index in [-0.39, 0.29) is 30.7 Å². The lowest BCUT2D eigenvalue weighted by Crippen LogP contribution is -2.57. The highest BCUT2D eigenvalue weighted by Crippen LogP contribution is 2.33. The summed E-state index contributed by atoms with van der Waals surface area (Å²) in [6, 6.07) is 16.4. The van der Waals surface area contributed by atoms with E-state index in [1.807, 2.05) is 42.5 Å². The fourth-order valence-electron chi connectivity index (χ4n) is 4.80. The zero-order chi connectivity index (χ0) is 20.3. The van der Waals surface area contributed by atoms with Crippen molar-refractivity contribution in [1.82, 2.24) is 15.1 Å². The van der Waals surface area contributed by atoms with Crippen LogP contribution in [0.25, 0.3) is 0 Å². The third kappa shape index (κ3) is 5.15. The van der Waals surface area contributed by atoms with Crippen LogP contribution in [0, 0.1) is 0 Å². The average Bonchev–Trinajstić information content (AvgIpc) is 3.04. The van der Waals surface area contributed by atoms with Crippen molar-refractivity contribution >= 4 is 30.7 Å². The first-order valence-corrected chi connectivity index (χ1v) is 11.0. The van der Waals surface area contributed by atoms with Gasteiger partial charge in [-0.05, 0) is 24.6 Å². The predicted octanol–water partition coefficient (Wildman–Crippen LogP) is 3.38. The van der Waals surface area contributed by atoms with E-state index in [1.54, 1.807) is 0 Å². The van der Waals surface area contributed by atoms with Gasteiger partial charge in [-0.1, -0.05) is 30.3 Å². The molecule has 2 fully saturated rings. The topological polar surface area (TPSA) is 54.0 Å². The quantitative estimate of drug-likeness (QED) is 0.712. The second-order valence-corrected chi connectivity index (χ2v) is 8.34. The van der Waals surface area contributed by atoms with Crippen molar-refractivity contribution in [3.05, 3.63) is 59.7 Å². The first-order valence-electron chi connectivity index (χ1n) is 11.0. The Bertz CT molecular complexity index is 899. The SMILES string of the molecule is Cl.Cl.O=C(c1ccccc1)N1CC(CNCc2cccc3c2OCCCO3)N2CCC1C2. The van der Waals surface area contributed by atoms with Gasteiger partial charge in [-0.25, -0.2) is 0 Å². The zero-order valence-corrected chi connectivity index (χ0v) is 19.7. The molecule has 0 saturated carbocycles. The van der Waals surface area contributed by atoms with Crippen molar-refractivity contribution in [3.63, 3.8) is 0 Å². The molecule has 2 aromatic carbocycles. The summed E-state index contributed by atoms with van der Waals surface area (Å²) in [5, 5.41) is 3.61. The second kappa shape index (κ2) is 11.2. The molecule has 1 N–H and O–H groups in total. The van der Waals surface area contributed by atoms with Crippen molar-refractivity contribution in [3.8, 4) is 11.5 Å².